The van der Waals surface area contributed by atoms with Crippen molar-refractivity contribution < 1.29 is 22.7 Å². The van der Waals surface area contributed by atoms with E-state index < -0.39 is 12.5 Å². The van der Waals surface area contributed by atoms with Crippen LogP contribution in [0.2, 0.25) is 5.02 Å². The third-order valence-corrected chi connectivity index (χ3v) is 5.94. The monoisotopic (exact) mass is 504 g/mol. The van der Waals surface area contributed by atoms with Crippen molar-refractivity contribution in [2.24, 2.45) is 0 Å². The average Bonchev–Trinajstić information content (AvgIpc) is 3.34. The Kier molecular flexibility index (Phi) is 7.75. The second kappa shape index (κ2) is 10.9. The molecule has 1 saturated carbocycles. The molecule has 2 aromatic carbocycles. The molecule has 5 rings (SSSR count). The number of fused-ring (bicyclic) bond motifs is 6. The highest BCUT2D eigenvalue weighted by Crippen LogP contribution is 2.32. The first-order chi connectivity index (χ1) is 16.8. The van der Waals surface area contributed by atoms with Gasteiger partial charge in [0.15, 0.2) is 5.82 Å². The number of hydrogen-bond acceptors (Lipinski definition) is 6. The van der Waals surface area contributed by atoms with Crippen LogP contribution in [0.15, 0.2) is 48.7 Å². The van der Waals surface area contributed by atoms with Crippen LogP contribution in [0.4, 0.5) is 36.3 Å². The Labute approximate surface area is 205 Å². The molecule has 1 aliphatic carbocycles. The van der Waals surface area contributed by atoms with E-state index >= 15 is 0 Å². The summed E-state index contributed by atoms with van der Waals surface area (Å²) in [6.45, 7) is 0. The van der Waals surface area contributed by atoms with E-state index in [-0.39, 0.29) is 0 Å². The van der Waals surface area contributed by atoms with Gasteiger partial charge in [0, 0.05) is 11.4 Å². The normalized spacial score (nSPS) is 15.2. The van der Waals surface area contributed by atoms with Crippen LogP contribution in [0.5, 0.6) is 5.75 Å². The molecule has 10 heteroatoms. The number of carbonyl (C=O) groups is 1. The van der Waals surface area contributed by atoms with Gasteiger partial charge in [-0.3, -0.25) is 4.79 Å². The van der Waals surface area contributed by atoms with Crippen LogP contribution in [0.3, 0.4) is 0 Å². The molecule has 0 atom stereocenters. The molecule has 6 nitrogen and oxygen atoms in total. The number of alkyl halides is 3. The lowest BCUT2D eigenvalue weighted by Gasteiger charge is -2.18. The topological polar surface area (TPSA) is 76.1 Å². The van der Waals surface area contributed by atoms with E-state index in [0.717, 1.165) is 42.8 Å². The lowest BCUT2D eigenvalue weighted by atomic mass is 10.0. The molecular formula is C25H24ClF3N4O2. The second-order valence-corrected chi connectivity index (χ2v) is 8.75. The van der Waals surface area contributed by atoms with Gasteiger partial charge in [-0.25, -0.2) is 4.98 Å². The molecule has 0 spiro atoms. The van der Waals surface area contributed by atoms with Gasteiger partial charge in [-0.1, -0.05) is 23.7 Å². The maximum Gasteiger partial charge on any atom is 0.446 e. The summed E-state index contributed by atoms with van der Waals surface area (Å²) in [7, 11) is 0. The number of rotatable bonds is 2. The molecule has 2 heterocycles. The molecule has 0 unspecified atom stereocenters. The zero-order valence-electron chi connectivity index (χ0n) is 18.7. The minimum Gasteiger partial charge on any atom is -0.490 e. The van der Waals surface area contributed by atoms with Crippen molar-refractivity contribution in [1.29, 1.82) is 0 Å². The Morgan fingerprint density at radius 1 is 1.03 bits per heavy atom. The Morgan fingerprint density at radius 2 is 1.77 bits per heavy atom. The summed E-state index contributed by atoms with van der Waals surface area (Å²) in [5.74, 6) is 2.07. The molecule has 35 heavy (non-hydrogen) atoms. The number of halogens is 4. The van der Waals surface area contributed by atoms with E-state index in [4.69, 9.17) is 21.1 Å². The van der Waals surface area contributed by atoms with Crippen molar-refractivity contribution in [3.8, 4) is 5.75 Å². The van der Waals surface area contributed by atoms with Crippen molar-refractivity contribution in [2.75, 3.05) is 10.6 Å². The molecular weight excluding hydrogens is 481 g/mol. The molecule has 0 saturated heterocycles. The quantitative estimate of drug-likeness (QED) is 0.374. The predicted octanol–water partition coefficient (Wildman–Crippen LogP) is 6.78. The maximum absolute atomic E-state index is 10.4. The lowest BCUT2D eigenvalue weighted by molar-refractivity contribution is -0.156. The van der Waals surface area contributed by atoms with Crippen LogP contribution in [-0.4, -0.2) is 28.5 Å². The van der Waals surface area contributed by atoms with Crippen molar-refractivity contribution in [3.05, 3.63) is 64.8 Å². The molecule has 184 valence electrons. The van der Waals surface area contributed by atoms with Gasteiger partial charge < -0.3 is 15.4 Å². The summed E-state index contributed by atoms with van der Waals surface area (Å²) in [4.78, 5) is 17.6. The number of aryl methyl sites for hydroxylation is 2. The third kappa shape index (κ3) is 7.08. The summed E-state index contributed by atoms with van der Waals surface area (Å²) >= 11 is 6.34. The number of carbonyl (C=O) groups excluding carboxylic acids is 1. The Hall–Kier alpha value is -3.33. The van der Waals surface area contributed by atoms with E-state index in [1.54, 1.807) is 6.20 Å². The molecule has 0 amide bonds. The highest BCUT2D eigenvalue weighted by atomic mass is 35.5. The molecule has 3 aromatic rings. The minimum atomic E-state index is -4.64. The van der Waals surface area contributed by atoms with E-state index in [1.165, 1.54) is 24.0 Å². The molecule has 2 N–H and O–H groups in total. The fraction of sp³-hybridized carbons (Fsp3) is 0.320. The predicted molar refractivity (Wildman–Crippen MR) is 129 cm³/mol. The van der Waals surface area contributed by atoms with Gasteiger partial charge >= 0.3 is 6.18 Å². The highest BCUT2D eigenvalue weighted by Gasteiger charge is 2.25. The van der Waals surface area contributed by atoms with Gasteiger partial charge in [0.25, 0.3) is 0 Å². The zero-order chi connectivity index (χ0) is 24.8. The summed E-state index contributed by atoms with van der Waals surface area (Å²) < 4.78 is 37.6. The number of hydrogen-bond donors (Lipinski definition) is 2. The largest absolute Gasteiger partial charge is 0.490 e. The molecule has 1 aliphatic heterocycles. The van der Waals surface area contributed by atoms with Crippen LogP contribution in [-0.2, 0) is 17.6 Å². The molecule has 0 radical (unpaired) electrons. The van der Waals surface area contributed by atoms with Gasteiger partial charge in [-0.2, -0.15) is 18.2 Å². The van der Waals surface area contributed by atoms with E-state index in [2.05, 4.69) is 50.9 Å². The highest BCUT2D eigenvalue weighted by molar-refractivity contribution is 6.32. The minimum absolute atomic E-state index is 0.334. The summed E-state index contributed by atoms with van der Waals surface area (Å²) in [5.41, 5.74) is 4.36. The van der Waals surface area contributed by atoms with Crippen molar-refractivity contribution >= 4 is 41.0 Å². The Balaban J connectivity index is 0.000000431. The van der Waals surface area contributed by atoms with E-state index in [0.29, 0.717) is 22.9 Å². The van der Waals surface area contributed by atoms with E-state index in [1.807, 2.05) is 12.1 Å². The lowest BCUT2D eigenvalue weighted by Crippen LogP contribution is -2.12. The fourth-order valence-corrected chi connectivity index (χ4v) is 4.16. The van der Waals surface area contributed by atoms with Gasteiger partial charge in [-0.05, 0) is 80.0 Å². The number of aromatic nitrogens is 2. The second-order valence-electron chi connectivity index (χ2n) is 8.35. The fourth-order valence-electron chi connectivity index (χ4n) is 4.02. The first kappa shape index (κ1) is 24.8. The van der Waals surface area contributed by atoms with Crippen LogP contribution >= 0.6 is 11.6 Å². The number of nitrogens with zero attached hydrogens (tertiary/aromatic N) is 2. The van der Waals surface area contributed by atoms with Crippen LogP contribution in [0.1, 0.15) is 36.8 Å². The molecule has 1 fully saturated rings. The van der Waals surface area contributed by atoms with Gasteiger partial charge in [-0.15, -0.1) is 0 Å². The van der Waals surface area contributed by atoms with Gasteiger partial charge in [0.2, 0.25) is 12.2 Å². The maximum atomic E-state index is 10.4. The van der Waals surface area contributed by atoms with Crippen molar-refractivity contribution in [1.82, 2.24) is 9.97 Å². The summed E-state index contributed by atoms with van der Waals surface area (Å²) in [6, 6.07) is 14.6. The average molecular weight is 505 g/mol. The standard InChI is InChI=1S/C23H23ClN4O.C2HF3O/c24-20-14-25-23-27-17-5-3-4-15(12-17)8-9-16-13-18(26-22(20)28-23)10-11-21(16)29-19-6-1-2-7-19;3-2(4,5)1-6/h3-5,10-14,19H,1-2,6-9H2,(H2,25,26,27,28);1H. The van der Waals surface area contributed by atoms with Gasteiger partial charge in [0.1, 0.15) is 10.8 Å². The van der Waals surface area contributed by atoms with Crippen LogP contribution < -0.4 is 15.4 Å². The SMILES string of the molecule is Clc1cnc2nc1Nc1ccc(OC3CCCC3)c(c1)CCc1cccc(c1)N2.O=CC(F)(F)F. The Bertz CT molecular complexity index is 1180. The molecule has 1 aromatic heterocycles. The number of ether oxygens (including phenoxy) is 1. The smallest absolute Gasteiger partial charge is 0.446 e. The van der Waals surface area contributed by atoms with Crippen LogP contribution in [0, 0.1) is 0 Å². The summed E-state index contributed by atoms with van der Waals surface area (Å²) in [6.07, 6.45) is 2.88. The first-order valence-electron chi connectivity index (χ1n) is 11.3. The zero-order valence-corrected chi connectivity index (χ0v) is 19.5. The number of aldehydes is 1. The number of anilines is 4. The molecule has 2 aliphatic rings. The number of nitrogens with one attached hydrogen (secondary N) is 2. The third-order valence-electron chi connectivity index (χ3n) is 5.66. The van der Waals surface area contributed by atoms with Crippen molar-refractivity contribution in [3.63, 3.8) is 0 Å². The number of benzene rings is 2. The van der Waals surface area contributed by atoms with E-state index in [9.17, 15) is 13.2 Å². The van der Waals surface area contributed by atoms with Gasteiger partial charge in [0.05, 0.1) is 12.3 Å². The molecule has 6 bridgehead atoms. The van der Waals surface area contributed by atoms with Crippen molar-refractivity contribution in [2.45, 2.75) is 50.8 Å². The Morgan fingerprint density at radius 3 is 2.51 bits per heavy atom. The summed E-state index contributed by atoms with van der Waals surface area (Å²) in [5, 5.41) is 7.09. The van der Waals surface area contributed by atoms with Crippen LogP contribution in [0.25, 0.3) is 0 Å². The first-order valence-corrected chi connectivity index (χ1v) is 11.6.